The fourth-order valence-electron chi connectivity index (χ4n) is 8.17. The van der Waals surface area contributed by atoms with Gasteiger partial charge in [0, 0.05) is 12.0 Å². The highest BCUT2D eigenvalue weighted by Crippen LogP contribution is 2.69. The van der Waals surface area contributed by atoms with Gasteiger partial charge in [-0.15, -0.1) is 0 Å². The maximum absolute atomic E-state index is 11.9. The van der Waals surface area contributed by atoms with Crippen LogP contribution >= 0.6 is 0 Å². The third-order valence-electron chi connectivity index (χ3n) is 9.42. The molecule has 0 aliphatic heterocycles. The van der Waals surface area contributed by atoms with Crippen LogP contribution in [0, 0.1) is 34.5 Å². The first-order chi connectivity index (χ1) is 11.4. The molecule has 3 N–H and O–H groups in total. The zero-order valence-corrected chi connectivity index (χ0v) is 15.5. The van der Waals surface area contributed by atoms with Crippen molar-refractivity contribution in [3.8, 4) is 0 Å². The summed E-state index contributed by atoms with van der Waals surface area (Å²) in [6, 6.07) is 0. The molecule has 4 aliphatic carbocycles. The largest absolute Gasteiger partial charge is 0.396 e. The van der Waals surface area contributed by atoms with Gasteiger partial charge in [0.25, 0.3) is 0 Å². The molecule has 138 valence electrons. The van der Waals surface area contributed by atoms with Gasteiger partial charge in [-0.05, 0) is 87.4 Å². The highest BCUT2D eigenvalue weighted by molar-refractivity contribution is 5.17. The van der Waals surface area contributed by atoms with E-state index in [1.165, 1.54) is 25.7 Å². The van der Waals surface area contributed by atoms with Gasteiger partial charge in [0.2, 0.25) is 0 Å². The van der Waals surface area contributed by atoms with E-state index in [0.29, 0.717) is 24.4 Å². The predicted molar refractivity (Wildman–Crippen MR) is 94.4 cm³/mol. The molecule has 0 amide bonds. The van der Waals surface area contributed by atoms with E-state index in [9.17, 15) is 15.3 Å². The highest BCUT2D eigenvalue weighted by Gasteiger charge is 2.68. The third-order valence-corrected chi connectivity index (χ3v) is 9.42. The van der Waals surface area contributed by atoms with E-state index in [1.54, 1.807) is 0 Å². The molecule has 0 aromatic heterocycles. The SMILES string of the molecule is CC(O)[C@H]1CC[C@]2(O)[C@@H]3CC[C@H]4CCCC[C@]4(CO)[C@H]3CC[C@]12C. The molecule has 0 saturated heterocycles. The monoisotopic (exact) mass is 336 g/mol. The molecular formula is C21H36O3. The molecule has 0 aromatic rings. The van der Waals surface area contributed by atoms with Crippen LogP contribution in [0.3, 0.4) is 0 Å². The van der Waals surface area contributed by atoms with E-state index < -0.39 is 5.60 Å². The quantitative estimate of drug-likeness (QED) is 0.723. The lowest BCUT2D eigenvalue weighted by Crippen LogP contribution is -2.63. The van der Waals surface area contributed by atoms with Crippen molar-refractivity contribution in [3.63, 3.8) is 0 Å². The fourth-order valence-corrected chi connectivity index (χ4v) is 8.17. The first-order valence-corrected chi connectivity index (χ1v) is 10.4. The second-order valence-electron chi connectivity index (χ2n) is 9.89. The molecule has 0 aromatic carbocycles. The van der Waals surface area contributed by atoms with E-state index in [0.717, 1.165) is 38.5 Å². The average molecular weight is 337 g/mol. The minimum Gasteiger partial charge on any atom is -0.396 e. The van der Waals surface area contributed by atoms with Crippen LogP contribution in [-0.4, -0.2) is 33.6 Å². The van der Waals surface area contributed by atoms with Crippen molar-refractivity contribution in [1.82, 2.24) is 0 Å². The van der Waals surface area contributed by atoms with Gasteiger partial charge in [0.15, 0.2) is 0 Å². The molecule has 0 bridgehead atoms. The summed E-state index contributed by atoms with van der Waals surface area (Å²) in [5.74, 6) is 1.69. The first kappa shape index (κ1) is 17.3. The van der Waals surface area contributed by atoms with Crippen LogP contribution in [0.2, 0.25) is 0 Å². The molecular weight excluding hydrogens is 300 g/mol. The van der Waals surface area contributed by atoms with Crippen molar-refractivity contribution in [2.45, 2.75) is 89.8 Å². The molecule has 0 spiro atoms. The molecule has 3 heteroatoms. The molecule has 3 nitrogen and oxygen atoms in total. The van der Waals surface area contributed by atoms with Crippen LogP contribution in [0.5, 0.6) is 0 Å². The maximum Gasteiger partial charge on any atom is 0.0735 e. The molecule has 4 rings (SSSR count). The average Bonchev–Trinajstić information content (AvgIpc) is 2.86. The van der Waals surface area contributed by atoms with Crippen LogP contribution in [-0.2, 0) is 0 Å². The van der Waals surface area contributed by atoms with Crippen molar-refractivity contribution in [2.24, 2.45) is 34.5 Å². The number of hydrogen-bond donors (Lipinski definition) is 3. The maximum atomic E-state index is 11.9. The highest BCUT2D eigenvalue weighted by atomic mass is 16.3. The summed E-state index contributed by atoms with van der Waals surface area (Å²) in [5, 5.41) is 32.6. The molecule has 24 heavy (non-hydrogen) atoms. The lowest BCUT2D eigenvalue weighted by Gasteiger charge is -2.63. The Hall–Kier alpha value is -0.120. The van der Waals surface area contributed by atoms with E-state index >= 15 is 0 Å². The van der Waals surface area contributed by atoms with Crippen molar-refractivity contribution in [2.75, 3.05) is 6.61 Å². The lowest BCUT2D eigenvalue weighted by atomic mass is 9.43. The summed E-state index contributed by atoms with van der Waals surface area (Å²) < 4.78 is 0. The lowest BCUT2D eigenvalue weighted by molar-refractivity contribution is -0.221. The van der Waals surface area contributed by atoms with Crippen molar-refractivity contribution < 1.29 is 15.3 Å². The molecule has 0 heterocycles. The first-order valence-electron chi connectivity index (χ1n) is 10.4. The Morgan fingerprint density at radius 2 is 1.75 bits per heavy atom. The number of rotatable bonds is 2. The summed E-state index contributed by atoms with van der Waals surface area (Å²) in [7, 11) is 0. The van der Waals surface area contributed by atoms with Gasteiger partial charge in [-0.3, -0.25) is 0 Å². The molecule has 4 fully saturated rings. The zero-order chi connectivity index (χ0) is 17.2. The normalized spacial score (nSPS) is 55.4. The predicted octanol–water partition coefficient (Wildman–Crippen LogP) is 3.50. The van der Waals surface area contributed by atoms with Crippen LogP contribution < -0.4 is 0 Å². The summed E-state index contributed by atoms with van der Waals surface area (Å²) in [6.45, 7) is 4.46. The molecule has 4 aliphatic rings. The Morgan fingerprint density at radius 3 is 2.46 bits per heavy atom. The summed E-state index contributed by atoms with van der Waals surface area (Å²) in [5.41, 5.74) is -0.718. The molecule has 1 unspecified atom stereocenters. The van der Waals surface area contributed by atoms with Crippen LogP contribution in [0.4, 0.5) is 0 Å². The number of fused-ring (bicyclic) bond motifs is 5. The summed E-state index contributed by atoms with van der Waals surface area (Å²) in [6.07, 6.45) is 10.9. The Kier molecular flexibility index (Phi) is 4.10. The number of hydrogen-bond acceptors (Lipinski definition) is 3. The minimum absolute atomic E-state index is 0.0706. The number of aliphatic hydroxyl groups excluding tert-OH is 2. The zero-order valence-electron chi connectivity index (χ0n) is 15.5. The van der Waals surface area contributed by atoms with Crippen LogP contribution in [0.25, 0.3) is 0 Å². The smallest absolute Gasteiger partial charge is 0.0735 e. The van der Waals surface area contributed by atoms with Crippen LogP contribution in [0.1, 0.15) is 78.1 Å². The van der Waals surface area contributed by atoms with Gasteiger partial charge in [0.05, 0.1) is 11.7 Å². The summed E-state index contributed by atoms with van der Waals surface area (Å²) in [4.78, 5) is 0. The standard InChI is InChI=1S/C21H36O3/c1-14(23)16-9-12-21(24)18-7-6-15-5-3-4-10-20(15,13-22)17(18)8-11-19(16,21)2/h14-18,22-24H,3-13H2,1-2H3/t14?,15-,16-,17+,18-,19-,20-,21+/m1/s1. The Morgan fingerprint density at radius 1 is 0.958 bits per heavy atom. The molecule has 0 radical (unpaired) electrons. The Bertz CT molecular complexity index is 491. The van der Waals surface area contributed by atoms with Gasteiger partial charge in [-0.1, -0.05) is 19.8 Å². The Balaban J connectivity index is 1.70. The Labute approximate surface area is 146 Å². The number of aliphatic hydroxyl groups is 3. The molecule has 8 atom stereocenters. The second kappa shape index (κ2) is 5.69. The van der Waals surface area contributed by atoms with Crippen molar-refractivity contribution >= 4 is 0 Å². The van der Waals surface area contributed by atoms with Crippen molar-refractivity contribution in [1.29, 1.82) is 0 Å². The van der Waals surface area contributed by atoms with Gasteiger partial charge >= 0.3 is 0 Å². The third kappa shape index (κ3) is 2.01. The second-order valence-corrected chi connectivity index (χ2v) is 9.89. The minimum atomic E-state index is -0.637. The van der Waals surface area contributed by atoms with E-state index in [1.807, 2.05) is 6.92 Å². The van der Waals surface area contributed by atoms with Gasteiger partial charge < -0.3 is 15.3 Å². The topological polar surface area (TPSA) is 60.7 Å². The van der Waals surface area contributed by atoms with Gasteiger partial charge in [0.1, 0.15) is 0 Å². The van der Waals surface area contributed by atoms with E-state index in [-0.39, 0.29) is 22.9 Å². The van der Waals surface area contributed by atoms with Crippen LogP contribution in [0.15, 0.2) is 0 Å². The van der Waals surface area contributed by atoms with E-state index in [4.69, 9.17) is 0 Å². The molecule has 4 saturated carbocycles. The fraction of sp³-hybridized carbons (Fsp3) is 1.00. The van der Waals surface area contributed by atoms with Gasteiger partial charge in [-0.25, -0.2) is 0 Å². The van der Waals surface area contributed by atoms with E-state index in [2.05, 4.69) is 6.92 Å². The van der Waals surface area contributed by atoms with Crippen molar-refractivity contribution in [3.05, 3.63) is 0 Å². The van der Waals surface area contributed by atoms with Gasteiger partial charge in [-0.2, -0.15) is 0 Å². The summed E-state index contributed by atoms with van der Waals surface area (Å²) >= 11 is 0.